The first-order valence-corrected chi connectivity index (χ1v) is 10.0. The molecule has 2 aromatic rings. The number of thiazole rings is 1. The number of aromatic nitrogens is 1. The van der Waals surface area contributed by atoms with Crippen molar-refractivity contribution in [2.24, 2.45) is 0 Å². The van der Waals surface area contributed by atoms with Crippen LogP contribution in [0.4, 0.5) is 9.52 Å². The van der Waals surface area contributed by atoms with Gasteiger partial charge in [0.2, 0.25) is 10.0 Å². The summed E-state index contributed by atoms with van der Waals surface area (Å²) >= 11 is 1.09. The number of hydrogen-bond donors (Lipinski definition) is 1. The first kappa shape index (κ1) is 18.6. The second-order valence-electron chi connectivity index (χ2n) is 5.96. The normalized spacial score (nSPS) is 14.4. The van der Waals surface area contributed by atoms with Gasteiger partial charge in [-0.2, -0.15) is 0 Å². The van der Waals surface area contributed by atoms with Crippen molar-refractivity contribution in [3.63, 3.8) is 0 Å². The minimum absolute atomic E-state index is 0.00499. The zero-order chi connectivity index (χ0) is 19.1. The van der Waals surface area contributed by atoms with E-state index in [9.17, 15) is 22.4 Å². The van der Waals surface area contributed by atoms with Crippen molar-refractivity contribution < 1.29 is 22.4 Å². The number of ketones is 1. The van der Waals surface area contributed by atoms with E-state index < -0.39 is 26.6 Å². The van der Waals surface area contributed by atoms with Gasteiger partial charge in [-0.1, -0.05) is 11.3 Å². The summed E-state index contributed by atoms with van der Waals surface area (Å²) < 4.78 is 39.1. The number of rotatable bonds is 4. The van der Waals surface area contributed by atoms with Crippen LogP contribution in [0.5, 0.6) is 0 Å². The Morgan fingerprint density at radius 2 is 2.04 bits per heavy atom. The quantitative estimate of drug-likeness (QED) is 0.854. The van der Waals surface area contributed by atoms with Crippen molar-refractivity contribution in [3.8, 4) is 0 Å². The Labute approximate surface area is 153 Å². The minimum atomic E-state index is -4.03. The van der Waals surface area contributed by atoms with Gasteiger partial charge < -0.3 is 0 Å². The highest BCUT2D eigenvalue weighted by atomic mass is 32.2. The van der Waals surface area contributed by atoms with Gasteiger partial charge in [-0.15, -0.1) is 0 Å². The van der Waals surface area contributed by atoms with Crippen LogP contribution in [0.3, 0.4) is 0 Å². The molecule has 10 heteroatoms. The molecule has 1 aromatic heterocycles. The zero-order valence-corrected chi connectivity index (χ0v) is 15.7. The van der Waals surface area contributed by atoms with Crippen LogP contribution in [-0.2, 0) is 16.4 Å². The Balaban J connectivity index is 1.88. The zero-order valence-electron chi connectivity index (χ0n) is 14.1. The molecule has 0 saturated carbocycles. The predicted octanol–water partition coefficient (Wildman–Crippen LogP) is 2.30. The Kier molecular flexibility index (Phi) is 4.91. The molecule has 1 aliphatic rings. The van der Waals surface area contributed by atoms with Crippen LogP contribution >= 0.6 is 11.3 Å². The second kappa shape index (κ2) is 6.86. The predicted molar refractivity (Wildman–Crippen MR) is 94.6 cm³/mol. The van der Waals surface area contributed by atoms with Crippen LogP contribution in [0, 0.1) is 5.82 Å². The van der Waals surface area contributed by atoms with E-state index in [0.29, 0.717) is 23.4 Å². The molecule has 1 N–H and O–H groups in total. The number of carbonyl (C=O) groups is 2. The van der Waals surface area contributed by atoms with Crippen LogP contribution in [0.25, 0.3) is 0 Å². The van der Waals surface area contributed by atoms with E-state index in [2.05, 4.69) is 10.3 Å². The molecule has 26 heavy (non-hydrogen) atoms. The molecular formula is C16H16FN3O4S2. The van der Waals surface area contributed by atoms with Gasteiger partial charge in [0.05, 0.1) is 10.6 Å². The maximum absolute atomic E-state index is 13.9. The number of nitrogens with one attached hydrogen (secondary N) is 1. The van der Waals surface area contributed by atoms with Gasteiger partial charge in [-0.3, -0.25) is 14.9 Å². The highest BCUT2D eigenvalue weighted by Gasteiger charge is 2.25. The van der Waals surface area contributed by atoms with Crippen molar-refractivity contribution in [1.29, 1.82) is 0 Å². The Hall–Kier alpha value is -2.17. The third-order valence-electron chi connectivity index (χ3n) is 3.94. The summed E-state index contributed by atoms with van der Waals surface area (Å²) in [6, 6.07) is 3.11. The van der Waals surface area contributed by atoms with E-state index in [1.54, 1.807) is 0 Å². The number of sulfonamides is 1. The number of carbonyl (C=O) groups excluding carboxylic acids is 2. The molecule has 0 radical (unpaired) electrons. The van der Waals surface area contributed by atoms with E-state index in [1.807, 2.05) is 0 Å². The third-order valence-corrected chi connectivity index (χ3v) is 6.82. The SMILES string of the molecule is CN(C)S(=O)(=O)c1cc(C(=O)Nc2nc3c(s2)C(=O)CCC3)ccc1F. The van der Waals surface area contributed by atoms with Crippen LogP contribution in [0.15, 0.2) is 23.1 Å². The molecule has 1 heterocycles. The van der Waals surface area contributed by atoms with E-state index in [-0.39, 0.29) is 16.5 Å². The lowest BCUT2D eigenvalue weighted by molar-refractivity contribution is 0.0975. The lowest BCUT2D eigenvalue weighted by Crippen LogP contribution is -2.24. The number of hydrogen-bond acceptors (Lipinski definition) is 6. The lowest BCUT2D eigenvalue weighted by Gasteiger charge is -2.13. The molecule has 0 bridgehead atoms. The number of nitrogens with zero attached hydrogens (tertiary/aromatic N) is 2. The summed E-state index contributed by atoms with van der Waals surface area (Å²) in [6.45, 7) is 0. The smallest absolute Gasteiger partial charge is 0.257 e. The molecular weight excluding hydrogens is 381 g/mol. The third kappa shape index (κ3) is 3.39. The van der Waals surface area contributed by atoms with E-state index >= 15 is 0 Å². The highest BCUT2D eigenvalue weighted by Crippen LogP contribution is 2.30. The van der Waals surface area contributed by atoms with Crippen molar-refractivity contribution in [2.45, 2.75) is 24.2 Å². The van der Waals surface area contributed by atoms with Gasteiger partial charge >= 0.3 is 0 Å². The van der Waals surface area contributed by atoms with Gasteiger partial charge in [0.1, 0.15) is 10.7 Å². The molecule has 0 aliphatic heterocycles. The minimum Gasteiger partial charge on any atom is -0.298 e. The topological polar surface area (TPSA) is 96.4 Å². The molecule has 1 aromatic carbocycles. The fourth-order valence-electron chi connectivity index (χ4n) is 2.53. The first-order chi connectivity index (χ1) is 12.2. The van der Waals surface area contributed by atoms with E-state index in [4.69, 9.17) is 0 Å². The molecule has 1 amide bonds. The standard InChI is InChI=1S/C16H16FN3O4S2/c1-20(2)26(23,24)13-8-9(6-7-10(13)17)15(22)19-16-18-11-4-3-5-12(21)14(11)25-16/h6-8H,3-5H2,1-2H3,(H,18,19,22). The second-order valence-corrected chi connectivity index (χ2v) is 9.08. The van der Waals surface area contributed by atoms with Crippen LogP contribution < -0.4 is 5.32 Å². The monoisotopic (exact) mass is 397 g/mol. The Morgan fingerprint density at radius 1 is 1.31 bits per heavy atom. The van der Waals surface area contributed by atoms with Gasteiger partial charge in [0.25, 0.3) is 5.91 Å². The molecule has 1 aliphatic carbocycles. The number of benzene rings is 1. The largest absolute Gasteiger partial charge is 0.298 e. The van der Waals surface area contributed by atoms with E-state index in [1.165, 1.54) is 20.2 Å². The maximum atomic E-state index is 13.9. The Morgan fingerprint density at radius 3 is 2.69 bits per heavy atom. The average Bonchev–Trinajstić information content (AvgIpc) is 2.98. The number of amides is 1. The summed E-state index contributed by atoms with van der Waals surface area (Å²) in [5.74, 6) is -1.56. The number of Topliss-reactive ketones (excluding diaryl/α,β-unsaturated/α-hetero) is 1. The van der Waals surface area contributed by atoms with Gasteiger partial charge in [-0.25, -0.2) is 22.1 Å². The van der Waals surface area contributed by atoms with Crippen LogP contribution in [0.1, 0.15) is 38.6 Å². The van der Waals surface area contributed by atoms with Crippen molar-refractivity contribution in [2.75, 3.05) is 19.4 Å². The summed E-state index contributed by atoms with van der Waals surface area (Å²) in [7, 11) is -1.47. The average molecular weight is 397 g/mol. The fourth-order valence-corrected chi connectivity index (χ4v) is 4.49. The number of halogens is 1. The highest BCUT2D eigenvalue weighted by molar-refractivity contribution is 7.89. The number of fused-ring (bicyclic) bond motifs is 1. The molecule has 7 nitrogen and oxygen atoms in total. The summed E-state index contributed by atoms with van der Waals surface area (Å²) in [5.41, 5.74) is 0.642. The molecule has 0 fully saturated rings. The van der Waals surface area contributed by atoms with Crippen molar-refractivity contribution in [3.05, 3.63) is 40.2 Å². The van der Waals surface area contributed by atoms with Crippen molar-refractivity contribution in [1.82, 2.24) is 9.29 Å². The number of anilines is 1. The summed E-state index contributed by atoms with van der Waals surface area (Å²) in [6.07, 6.45) is 1.87. The fraction of sp³-hybridized carbons (Fsp3) is 0.312. The lowest BCUT2D eigenvalue weighted by atomic mass is 10.0. The molecule has 0 saturated heterocycles. The summed E-state index contributed by atoms with van der Waals surface area (Å²) in [5, 5.41) is 2.81. The van der Waals surface area contributed by atoms with Crippen molar-refractivity contribution >= 4 is 38.2 Å². The Bertz CT molecular complexity index is 999. The summed E-state index contributed by atoms with van der Waals surface area (Å²) in [4.78, 5) is 28.5. The first-order valence-electron chi connectivity index (χ1n) is 7.76. The number of aryl methyl sites for hydroxylation is 1. The maximum Gasteiger partial charge on any atom is 0.257 e. The molecule has 138 valence electrons. The molecule has 0 spiro atoms. The molecule has 3 rings (SSSR count). The van der Waals surface area contributed by atoms with Crippen LogP contribution in [-0.4, -0.2) is 43.5 Å². The molecule has 0 unspecified atom stereocenters. The van der Waals surface area contributed by atoms with E-state index in [0.717, 1.165) is 34.2 Å². The molecule has 0 atom stereocenters. The van der Waals surface area contributed by atoms with Gasteiger partial charge in [0.15, 0.2) is 10.9 Å². The van der Waals surface area contributed by atoms with Gasteiger partial charge in [-0.05, 0) is 31.0 Å². The van der Waals surface area contributed by atoms with Gasteiger partial charge in [0, 0.05) is 26.1 Å². The van der Waals surface area contributed by atoms with Crippen LogP contribution in [0.2, 0.25) is 0 Å².